The molecule has 1 heterocycles. The number of benzene rings is 1. The van der Waals surface area contributed by atoms with Gasteiger partial charge in [-0.15, -0.1) is 0 Å². The molecule has 1 saturated heterocycles. The van der Waals surface area contributed by atoms with E-state index < -0.39 is 0 Å². The van der Waals surface area contributed by atoms with Gasteiger partial charge < -0.3 is 10.2 Å². The van der Waals surface area contributed by atoms with Crippen molar-refractivity contribution in [2.45, 2.75) is 26.2 Å². The van der Waals surface area contributed by atoms with Crippen LogP contribution in [0.5, 0.6) is 0 Å². The van der Waals surface area contributed by atoms with E-state index in [1.807, 2.05) is 6.07 Å². The summed E-state index contributed by atoms with van der Waals surface area (Å²) < 4.78 is 0. The molecule has 1 atom stereocenters. The van der Waals surface area contributed by atoms with Crippen molar-refractivity contribution >= 4 is 17.5 Å². The van der Waals surface area contributed by atoms with Crippen molar-refractivity contribution in [1.29, 1.82) is 5.26 Å². The Morgan fingerprint density at radius 1 is 1.48 bits per heavy atom. The van der Waals surface area contributed by atoms with Gasteiger partial charge in [0.2, 0.25) is 11.8 Å². The third kappa shape index (κ3) is 3.60. The van der Waals surface area contributed by atoms with Gasteiger partial charge in [0.05, 0.1) is 17.2 Å². The Balaban J connectivity index is 1.99. The molecule has 5 nitrogen and oxygen atoms in total. The number of amides is 2. The highest BCUT2D eigenvalue weighted by atomic mass is 16.2. The molecule has 1 unspecified atom stereocenters. The van der Waals surface area contributed by atoms with Crippen LogP contribution in [0, 0.1) is 17.2 Å². The van der Waals surface area contributed by atoms with Crippen LogP contribution in [-0.2, 0) is 9.59 Å². The second-order valence-electron chi connectivity index (χ2n) is 5.24. The lowest BCUT2D eigenvalue weighted by Gasteiger charge is -2.16. The number of hydrogen-bond acceptors (Lipinski definition) is 3. The smallest absolute Gasteiger partial charge is 0.229 e. The molecule has 1 N–H and O–H groups in total. The highest BCUT2D eigenvalue weighted by molar-refractivity contribution is 5.98. The minimum absolute atomic E-state index is 0.0390. The maximum absolute atomic E-state index is 12.2. The van der Waals surface area contributed by atoms with E-state index in [0.717, 1.165) is 12.8 Å². The molecule has 21 heavy (non-hydrogen) atoms. The number of nitrogens with zero attached hydrogens (tertiary/aromatic N) is 2. The van der Waals surface area contributed by atoms with Gasteiger partial charge in [0.15, 0.2) is 0 Å². The quantitative estimate of drug-likeness (QED) is 0.900. The lowest BCUT2D eigenvalue weighted by atomic mass is 10.1. The van der Waals surface area contributed by atoms with E-state index in [1.165, 1.54) is 0 Å². The van der Waals surface area contributed by atoms with Gasteiger partial charge in [0.25, 0.3) is 0 Å². The van der Waals surface area contributed by atoms with Crippen molar-refractivity contribution in [3.63, 3.8) is 0 Å². The number of anilines is 1. The topological polar surface area (TPSA) is 73.2 Å². The third-order valence-corrected chi connectivity index (χ3v) is 3.67. The molecule has 110 valence electrons. The SMILES string of the molecule is CCCCN1CC(C(=O)Nc2ccccc2C#N)CC1=O. The summed E-state index contributed by atoms with van der Waals surface area (Å²) in [4.78, 5) is 25.9. The predicted molar refractivity (Wildman–Crippen MR) is 79.4 cm³/mol. The van der Waals surface area contributed by atoms with Crippen molar-refractivity contribution < 1.29 is 9.59 Å². The first-order valence-electron chi connectivity index (χ1n) is 7.23. The van der Waals surface area contributed by atoms with Crippen molar-refractivity contribution in [3.8, 4) is 6.07 Å². The van der Waals surface area contributed by atoms with Gasteiger partial charge in [0, 0.05) is 19.5 Å². The lowest BCUT2D eigenvalue weighted by molar-refractivity contribution is -0.128. The summed E-state index contributed by atoms with van der Waals surface area (Å²) in [5, 5.41) is 11.8. The first-order valence-corrected chi connectivity index (χ1v) is 7.23. The summed E-state index contributed by atoms with van der Waals surface area (Å²) in [5.41, 5.74) is 0.933. The largest absolute Gasteiger partial charge is 0.342 e. The van der Waals surface area contributed by atoms with E-state index in [1.54, 1.807) is 29.2 Å². The predicted octanol–water partition coefficient (Wildman–Crippen LogP) is 2.15. The molecule has 0 bridgehead atoms. The Morgan fingerprint density at radius 3 is 2.95 bits per heavy atom. The number of nitrogens with one attached hydrogen (secondary N) is 1. The zero-order chi connectivity index (χ0) is 15.2. The van der Waals surface area contributed by atoms with Gasteiger partial charge in [0.1, 0.15) is 6.07 Å². The molecule has 0 aromatic heterocycles. The van der Waals surface area contributed by atoms with Crippen molar-refractivity contribution in [2.24, 2.45) is 5.92 Å². The molecule has 1 fully saturated rings. The van der Waals surface area contributed by atoms with Crippen LogP contribution in [-0.4, -0.2) is 29.8 Å². The number of rotatable bonds is 5. The molecule has 1 aromatic carbocycles. The van der Waals surface area contributed by atoms with Crippen LogP contribution in [0.15, 0.2) is 24.3 Å². The van der Waals surface area contributed by atoms with E-state index in [9.17, 15) is 9.59 Å². The van der Waals surface area contributed by atoms with Crippen LogP contribution in [0.1, 0.15) is 31.7 Å². The Morgan fingerprint density at radius 2 is 2.24 bits per heavy atom. The number of nitriles is 1. The Labute approximate surface area is 124 Å². The van der Waals surface area contributed by atoms with Gasteiger partial charge in [-0.05, 0) is 18.6 Å². The fourth-order valence-corrected chi connectivity index (χ4v) is 2.44. The number of para-hydroxylation sites is 1. The monoisotopic (exact) mass is 285 g/mol. The van der Waals surface area contributed by atoms with Crippen molar-refractivity contribution in [1.82, 2.24) is 4.90 Å². The van der Waals surface area contributed by atoms with Crippen LogP contribution in [0.4, 0.5) is 5.69 Å². The fraction of sp³-hybridized carbons (Fsp3) is 0.438. The molecule has 1 aliphatic rings. The first kappa shape index (κ1) is 15.0. The van der Waals surface area contributed by atoms with Crippen LogP contribution < -0.4 is 5.32 Å². The summed E-state index contributed by atoms with van der Waals surface area (Å²) >= 11 is 0. The normalized spacial score (nSPS) is 17.6. The first-order chi connectivity index (χ1) is 10.2. The minimum Gasteiger partial charge on any atom is -0.342 e. The number of likely N-dealkylation sites (tertiary alicyclic amines) is 1. The van der Waals surface area contributed by atoms with Crippen LogP contribution in [0.3, 0.4) is 0 Å². The molecule has 0 saturated carbocycles. The van der Waals surface area contributed by atoms with Gasteiger partial charge in [-0.2, -0.15) is 5.26 Å². The van der Waals surface area contributed by atoms with E-state index in [2.05, 4.69) is 12.2 Å². The van der Waals surface area contributed by atoms with Crippen LogP contribution in [0.25, 0.3) is 0 Å². The summed E-state index contributed by atoms with van der Waals surface area (Å²) in [7, 11) is 0. The zero-order valence-corrected chi connectivity index (χ0v) is 12.1. The van der Waals surface area contributed by atoms with Gasteiger partial charge in [-0.1, -0.05) is 25.5 Å². The highest BCUT2D eigenvalue weighted by Gasteiger charge is 2.33. The maximum atomic E-state index is 12.2. The molecule has 2 amide bonds. The van der Waals surface area contributed by atoms with E-state index in [-0.39, 0.29) is 24.2 Å². The molecule has 0 aliphatic carbocycles. The molecule has 0 spiro atoms. The molecule has 0 radical (unpaired) electrons. The summed E-state index contributed by atoms with van der Waals surface area (Å²) in [6.07, 6.45) is 2.23. The number of carbonyl (C=O) groups is 2. The fourth-order valence-electron chi connectivity index (χ4n) is 2.44. The average molecular weight is 285 g/mol. The standard InChI is InChI=1S/C16H19N3O2/c1-2-3-8-19-11-13(9-15(19)20)16(21)18-14-7-5-4-6-12(14)10-17/h4-7,13H,2-3,8-9,11H2,1H3,(H,18,21). The maximum Gasteiger partial charge on any atom is 0.229 e. The second kappa shape index (κ2) is 6.89. The van der Waals surface area contributed by atoms with Crippen LogP contribution >= 0.6 is 0 Å². The third-order valence-electron chi connectivity index (χ3n) is 3.67. The van der Waals surface area contributed by atoms with Crippen molar-refractivity contribution in [2.75, 3.05) is 18.4 Å². The van der Waals surface area contributed by atoms with Gasteiger partial charge in [-0.3, -0.25) is 9.59 Å². The van der Waals surface area contributed by atoms with Gasteiger partial charge >= 0.3 is 0 Å². The number of hydrogen-bond donors (Lipinski definition) is 1. The Hall–Kier alpha value is -2.35. The highest BCUT2D eigenvalue weighted by Crippen LogP contribution is 2.21. The second-order valence-corrected chi connectivity index (χ2v) is 5.24. The lowest BCUT2D eigenvalue weighted by Crippen LogP contribution is -2.29. The molecule has 5 heteroatoms. The van der Waals surface area contributed by atoms with E-state index in [4.69, 9.17) is 5.26 Å². The van der Waals surface area contributed by atoms with Crippen LogP contribution in [0.2, 0.25) is 0 Å². The van der Waals surface area contributed by atoms with E-state index >= 15 is 0 Å². The molecule has 1 aliphatic heterocycles. The van der Waals surface area contributed by atoms with E-state index in [0.29, 0.717) is 24.3 Å². The number of unbranched alkanes of at least 4 members (excludes halogenated alkanes) is 1. The Bertz CT molecular complexity index is 577. The Kier molecular flexibility index (Phi) is 4.94. The zero-order valence-electron chi connectivity index (χ0n) is 12.1. The molecule has 2 rings (SSSR count). The number of carbonyl (C=O) groups excluding carboxylic acids is 2. The average Bonchev–Trinajstić information content (AvgIpc) is 2.87. The summed E-state index contributed by atoms with van der Waals surface area (Å²) in [5.74, 6) is -0.483. The van der Waals surface area contributed by atoms with Gasteiger partial charge in [-0.25, -0.2) is 0 Å². The summed E-state index contributed by atoms with van der Waals surface area (Å²) in [6, 6.07) is 8.91. The minimum atomic E-state index is -0.332. The molecular weight excluding hydrogens is 266 g/mol. The molecular formula is C16H19N3O2. The van der Waals surface area contributed by atoms with Crippen molar-refractivity contribution in [3.05, 3.63) is 29.8 Å². The summed E-state index contributed by atoms with van der Waals surface area (Å²) in [6.45, 7) is 3.26. The molecule has 1 aromatic rings.